The van der Waals surface area contributed by atoms with Crippen molar-refractivity contribution in [2.45, 2.75) is 64.6 Å². The molecule has 0 radical (unpaired) electrons. The lowest BCUT2D eigenvalue weighted by molar-refractivity contribution is -0.205. The SMILES string of the molecule is C[C@@H]1CC[C@@]2(C)[C@]3(CC[C@]2(C)C(=O)O3)[C@@]12CC(c1ccoc1)OC2=O. The van der Waals surface area contributed by atoms with Crippen molar-refractivity contribution in [2.75, 3.05) is 0 Å². The molecule has 5 heteroatoms. The topological polar surface area (TPSA) is 65.7 Å². The van der Waals surface area contributed by atoms with Crippen LogP contribution in [0.5, 0.6) is 0 Å². The largest absolute Gasteiger partial charge is 0.472 e. The lowest BCUT2D eigenvalue weighted by Crippen LogP contribution is -2.63. The minimum Gasteiger partial charge on any atom is -0.472 e. The minimum atomic E-state index is -0.758. The van der Waals surface area contributed by atoms with Crippen LogP contribution in [0.1, 0.15) is 64.5 Å². The van der Waals surface area contributed by atoms with Crippen LogP contribution in [0.15, 0.2) is 23.0 Å². The molecule has 2 aliphatic carbocycles. The highest BCUT2D eigenvalue weighted by Gasteiger charge is 2.85. The smallest absolute Gasteiger partial charge is 0.317 e. The number of furan rings is 1. The highest BCUT2D eigenvalue weighted by atomic mass is 16.6. The van der Waals surface area contributed by atoms with Gasteiger partial charge in [0.05, 0.1) is 17.9 Å². The Morgan fingerprint density at radius 2 is 1.92 bits per heavy atom. The average molecular weight is 344 g/mol. The Bertz CT molecular complexity index is 769. The van der Waals surface area contributed by atoms with Crippen LogP contribution in [0.3, 0.4) is 0 Å². The Morgan fingerprint density at radius 1 is 1.12 bits per heavy atom. The molecule has 5 nitrogen and oxygen atoms in total. The maximum atomic E-state index is 13.3. The molecular weight excluding hydrogens is 320 g/mol. The second kappa shape index (κ2) is 4.30. The van der Waals surface area contributed by atoms with Gasteiger partial charge in [-0.2, -0.15) is 0 Å². The summed E-state index contributed by atoms with van der Waals surface area (Å²) in [6, 6.07) is 1.85. The number of ether oxygens (including phenoxy) is 2. The first-order valence-electron chi connectivity index (χ1n) is 9.27. The molecule has 4 aliphatic rings. The van der Waals surface area contributed by atoms with Crippen molar-refractivity contribution in [1.82, 2.24) is 0 Å². The molecule has 1 unspecified atom stereocenters. The second-order valence-corrected chi connectivity index (χ2v) is 8.95. The summed E-state index contributed by atoms with van der Waals surface area (Å²) >= 11 is 0. The molecule has 25 heavy (non-hydrogen) atoms. The van der Waals surface area contributed by atoms with Crippen LogP contribution in [0.4, 0.5) is 0 Å². The fraction of sp³-hybridized carbons (Fsp3) is 0.700. The van der Waals surface area contributed by atoms with Gasteiger partial charge < -0.3 is 13.9 Å². The third-order valence-electron chi connectivity index (χ3n) is 8.48. The molecule has 134 valence electrons. The van der Waals surface area contributed by atoms with E-state index in [1.807, 2.05) is 13.0 Å². The van der Waals surface area contributed by atoms with Crippen molar-refractivity contribution in [3.05, 3.63) is 24.2 Å². The summed E-state index contributed by atoms with van der Waals surface area (Å²) in [7, 11) is 0. The van der Waals surface area contributed by atoms with E-state index in [2.05, 4.69) is 13.8 Å². The first kappa shape index (κ1) is 15.5. The summed E-state index contributed by atoms with van der Waals surface area (Å²) < 4.78 is 17.2. The standard InChI is InChI=1S/C20H24O5/c1-12-4-6-18(3)17(2)7-8-20(18,25-15(17)21)19(12)10-14(24-16(19)22)13-5-9-23-11-13/h5,9,11-12,14H,4,6-8,10H2,1-3H3/t12-,14?,17-,18-,19+,20-/m1/s1. The predicted octanol–water partition coefficient (Wildman–Crippen LogP) is 3.79. The molecule has 6 atom stereocenters. The monoisotopic (exact) mass is 344 g/mol. The maximum absolute atomic E-state index is 13.3. The van der Waals surface area contributed by atoms with Crippen LogP contribution in [0.2, 0.25) is 0 Å². The van der Waals surface area contributed by atoms with Gasteiger partial charge in [0.2, 0.25) is 0 Å². The van der Waals surface area contributed by atoms with E-state index in [4.69, 9.17) is 13.9 Å². The summed E-state index contributed by atoms with van der Waals surface area (Å²) in [6.07, 6.45) is 6.86. The number of esters is 2. The highest BCUT2D eigenvalue weighted by Crippen LogP contribution is 2.78. The zero-order valence-corrected chi connectivity index (χ0v) is 15.0. The van der Waals surface area contributed by atoms with Gasteiger partial charge in [0.15, 0.2) is 0 Å². The second-order valence-electron chi connectivity index (χ2n) is 8.95. The molecule has 1 spiro atoms. The molecule has 2 saturated heterocycles. The van der Waals surface area contributed by atoms with Gasteiger partial charge >= 0.3 is 11.9 Å². The summed E-state index contributed by atoms with van der Waals surface area (Å²) in [5.74, 6) is -0.205. The summed E-state index contributed by atoms with van der Waals surface area (Å²) in [6.45, 7) is 6.31. The van der Waals surface area contributed by atoms with Crippen molar-refractivity contribution < 1.29 is 23.5 Å². The molecule has 2 bridgehead atoms. The minimum absolute atomic E-state index is 0.123. The molecule has 2 aliphatic heterocycles. The van der Waals surface area contributed by atoms with Gasteiger partial charge in [0, 0.05) is 17.4 Å². The van der Waals surface area contributed by atoms with Crippen LogP contribution in [-0.2, 0) is 19.1 Å². The molecule has 0 aromatic carbocycles. The van der Waals surface area contributed by atoms with Gasteiger partial charge in [-0.15, -0.1) is 0 Å². The molecule has 0 N–H and O–H groups in total. The third kappa shape index (κ3) is 1.38. The lowest BCUT2D eigenvalue weighted by Gasteiger charge is -2.55. The van der Waals surface area contributed by atoms with Crippen molar-refractivity contribution in [2.24, 2.45) is 22.2 Å². The fourth-order valence-electron chi connectivity index (χ4n) is 6.65. The number of rotatable bonds is 1. The van der Waals surface area contributed by atoms with Gasteiger partial charge in [-0.05, 0) is 44.6 Å². The molecular formula is C20H24O5. The van der Waals surface area contributed by atoms with Gasteiger partial charge in [-0.3, -0.25) is 9.59 Å². The van der Waals surface area contributed by atoms with Crippen LogP contribution >= 0.6 is 0 Å². The number of carbonyl (C=O) groups is 2. The molecule has 4 fully saturated rings. The molecule has 1 aromatic heterocycles. The Labute approximate surface area is 147 Å². The first-order chi connectivity index (χ1) is 11.8. The summed E-state index contributed by atoms with van der Waals surface area (Å²) in [5.41, 5.74) is -1.42. The van der Waals surface area contributed by atoms with E-state index in [0.717, 1.165) is 31.2 Å². The predicted molar refractivity (Wildman–Crippen MR) is 87.3 cm³/mol. The molecule has 2 saturated carbocycles. The number of hydrogen-bond donors (Lipinski definition) is 0. The van der Waals surface area contributed by atoms with Gasteiger partial charge in [0.1, 0.15) is 17.1 Å². The number of carbonyl (C=O) groups excluding carboxylic acids is 2. The van der Waals surface area contributed by atoms with Crippen molar-refractivity contribution in [3.8, 4) is 0 Å². The lowest BCUT2D eigenvalue weighted by atomic mass is 9.46. The normalized spacial score (nSPS) is 50.8. The highest BCUT2D eigenvalue weighted by molar-refractivity contribution is 5.88. The van der Waals surface area contributed by atoms with Gasteiger partial charge in [-0.1, -0.05) is 13.8 Å². The Hall–Kier alpha value is -1.78. The Balaban J connectivity index is 1.68. The maximum Gasteiger partial charge on any atom is 0.317 e. The zero-order valence-electron chi connectivity index (χ0n) is 15.0. The van der Waals surface area contributed by atoms with Crippen molar-refractivity contribution in [1.29, 1.82) is 0 Å². The van der Waals surface area contributed by atoms with Crippen LogP contribution in [0.25, 0.3) is 0 Å². The molecule has 0 amide bonds. The van der Waals surface area contributed by atoms with E-state index in [-0.39, 0.29) is 29.4 Å². The van der Waals surface area contributed by atoms with Gasteiger partial charge in [-0.25, -0.2) is 0 Å². The zero-order chi connectivity index (χ0) is 17.7. The first-order valence-corrected chi connectivity index (χ1v) is 9.27. The van der Waals surface area contributed by atoms with E-state index in [1.54, 1.807) is 12.5 Å². The molecule has 3 heterocycles. The molecule has 5 rings (SSSR count). The Kier molecular flexibility index (Phi) is 2.66. The number of cyclic esters (lactones) is 1. The summed E-state index contributed by atoms with van der Waals surface area (Å²) in [4.78, 5) is 26.1. The number of hydrogen-bond acceptors (Lipinski definition) is 5. The quantitative estimate of drug-likeness (QED) is 0.725. The van der Waals surface area contributed by atoms with Crippen LogP contribution in [-0.4, -0.2) is 17.5 Å². The average Bonchev–Trinajstić information content (AvgIpc) is 3.29. The van der Waals surface area contributed by atoms with E-state index in [0.29, 0.717) is 6.42 Å². The third-order valence-corrected chi connectivity index (χ3v) is 8.48. The Morgan fingerprint density at radius 3 is 2.60 bits per heavy atom. The summed E-state index contributed by atoms with van der Waals surface area (Å²) in [5, 5.41) is 0. The van der Waals surface area contributed by atoms with Crippen LogP contribution in [0, 0.1) is 22.2 Å². The fourth-order valence-corrected chi connectivity index (χ4v) is 6.65. The van der Waals surface area contributed by atoms with E-state index in [1.165, 1.54) is 0 Å². The van der Waals surface area contributed by atoms with Crippen molar-refractivity contribution >= 4 is 11.9 Å². The van der Waals surface area contributed by atoms with E-state index in [9.17, 15) is 9.59 Å². The van der Waals surface area contributed by atoms with E-state index >= 15 is 0 Å². The van der Waals surface area contributed by atoms with E-state index < -0.39 is 16.4 Å². The van der Waals surface area contributed by atoms with Crippen LogP contribution < -0.4 is 0 Å². The van der Waals surface area contributed by atoms with Crippen molar-refractivity contribution in [3.63, 3.8) is 0 Å². The molecule has 1 aromatic rings. The van der Waals surface area contributed by atoms with Gasteiger partial charge in [0.25, 0.3) is 0 Å².